The SMILES string of the molecule is CCOc1ccc(S(=O)(=O)N(CC(=O)N(Cc2ccccc2)[C@@H](Cc2ccccc2)C(=O)NC)c2ccc(C)cc2)cc1. The summed E-state index contributed by atoms with van der Waals surface area (Å²) in [6.45, 7) is 3.81. The highest BCUT2D eigenvalue weighted by molar-refractivity contribution is 7.92. The molecule has 8 nitrogen and oxygen atoms in total. The van der Waals surface area contributed by atoms with Crippen molar-refractivity contribution in [2.75, 3.05) is 24.5 Å². The number of hydrogen-bond acceptors (Lipinski definition) is 5. The molecule has 9 heteroatoms. The number of sulfonamides is 1. The van der Waals surface area contributed by atoms with E-state index < -0.39 is 28.5 Å². The number of carbonyl (C=O) groups is 2. The molecule has 2 amide bonds. The van der Waals surface area contributed by atoms with Gasteiger partial charge in [-0.25, -0.2) is 8.42 Å². The molecule has 0 aliphatic rings. The van der Waals surface area contributed by atoms with Crippen LogP contribution in [0.25, 0.3) is 0 Å². The van der Waals surface area contributed by atoms with Gasteiger partial charge in [-0.1, -0.05) is 78.4 Å². The van der Waals surface area contributed by atoms with Gasteiger partial charge in [-0.3, -0.25) is 13.9 Å². The van der Waals surface area contributed by atoms with Crippen molar-refractivity contribution in [2.24, 2.45) is 0 Å². The first-order valence-corrected chi connectivity index (χ1v) is 15.6. The van der Waals surface area contributed by atoms with Crippen LogP contribution in [0.2, 0.25) is 0 Å². The van der Waals surface area contributed by atoms with Gasteiger partial charge in [-0.15, -0.1) is 0 Å². The number of aryl methyl sites for hydroxylation is 1. The highest BCUT2D eigenvalue weighted by Gasteiger charge is 2.34. The minimum absolute atomic E-state index is 0.0195. The van der Waals surface area contributed by atoms with E-state index in [0.29, 0.717) is 18.0 Å². The number of nitrogens with zero attached hydrogens (tertiary/aromatic N) is 2. The van der Waals surface area contributed by atoms with Crippen LogP contribution < -0.4 is 14.4 Å². The normalized spacial score (nSPS) is 11.8. The van der Waals surface area contributed by atoms with Gasteiger partial charge in [0.25, 0.3) is 10.0 Å². The van der Waals surface area contributed by atoms with Crippen LogP contribution in [0.1, 0.15) is 23.6 Å². The van der Waals surface area contributed by atoms with Gasteiger partial charge < -0.3 is 15.0 Å². The van der Waals surface area contributed by atoms with E-state index in [2.05, 4.69) is 5.32 Å². The highest BCUT2D eigenvalue weighted by atomic mass is 32.2. The van der Waals surface area contributed by atoms with E-state index in [4.69, 9.17) is 4.74 Å². The molecule has 0 fully saturated rings. The van der Waals surface area contributed by atoms with Crippen LogP contribution in [0, 0.1) is 6.92 Å². The van der Waals surface area contributed by atoms with Crippen LogP contribution in [0.3, 0.4) is 0 Å². The molecule has 43 heavy (non-hydrogen) atoms. The van der Waals surface area contributed by atoms with E-state index in [1.54, 1.807) is 36.4 Å². The van der Waals surface area contributed by atoms with Crippen molar-refractivity contribution in [1.82, 2.24) is 10.2 Å². The van der Waals surface area contributed by atoms with Crippen molar-refractivity contribution < 1.29 is 22.7 Å². The van der Waals surface area contributed by atoms with Gasteiger partial charge >= 0.3 is 0 Å². The Labute approximate surface area is 254 Å². The van der Waals surface area contributed by atoms with Gasteiger partial charge in [-0.2, -0.15) is 0 Å². The monoisotopic (exact) mass is 599 g/mol. The fourth-order valence-corrected chi connectivity index (χ4v) is 6.16. The van der Waals surface area contributed by atoms with E-state index in [1.807, 2.05) is 74.5 Å². The molecule has 0 aliphatic carbocycles. The molecule has 0 saturated carbocycles. The number of ether oxygens (including phenoxy) is 1. The van der Waals surface area contributed by atoms with E-state index >= 15 is 0 Å². The second-order valence-corrected chi connectivity index (χ2v) is 11.9. The van der Waals surface area contributed by atoms with Crippen molar-refractivity contribution in [1.29, 1.82) is 0 Å². The Morgan fingerprint density at radius 3 is 1.95 bits per heavy atom. The Hall–Kier alpha value is -4.63. The first-order chi connectivity index (χ1) is 20.7. The van der Waals surface area contributed by atoms with Gasteiger partial charge in [-0.05, 0) is 61.4 Å². The zero-order valence-corrected chi connectivity index (χ0v) is 25.5. The third-order valence-corrected chi connectivity index (χ3v) is 8.82. The number of benzene rings is 4. The fourth-order valence-electron chi connectivity index (χ4n) is 4.74. The molecule has 0 unspecified atom stereocenters. The smallest absolute Gasteiger partial charge is 0.264 e. The first kappa shape index (κ1) is 31.3. The van der Waals surface area contributed by atoms with Gasteiger partial charge in [0.15, 0.2) is 0 Å². The summed E-state index contributed by atoms with van der Waals surface area (Å²) in [5.41, 5.74) is 2.97. The lowest BCUT2D eigenvalue weighted by molar-refractivity contribution is -0.139. The summed E-state index contributed by atoms with van der Waals surface area (Å²) in [6, 6.07) is 31.0. The largest absolute Gasteiger partial charge is 0.494 e. The van der Waals surface area contributed by atoms with Gasteiger partial charge in [0, 0.05) is 20.0 Å². The molecule has 0 heterocycles. The molecule has 0 bridgehead atoms. The number of hydrogen-bond donors (Lipinski definition) is 1. The molecule has 4 aromatic rings. The Balaban J connectivity index is 1.76. The zero-order valence-electron chi connectivity index (χ0n) is 24.6. The fraction of sp³-hybridized carbons (Fsp3) is 0.235. The van der Waals surface area contributed by atoms with Crippen molar-refractivity contribution in [3.8, 4) is 5.75 Å². The molecule has 0 aromatic heterocycles. The van der Waals surface area contributed by atoms with Crippen molar-refractivity contribution in [3.05, 3.63) is 126 Å². The quantitative estimate of drug-likeness (QED) is 0.234. The van der Waals surface area contributed by atoms with E-state index in [0.717, 1.165) is 21.0 Å². The lowest BCUT2D eigenvalue weighted by atomic mass is 10.0. The number of rotatable bonds is 13. The minimum Gasteiger partial charge on any atom is -0.494 e. The maximum Gasteiger partial charge on any atom is 0.264 e. The third kappa shape index (κ3) is 8.02. The summed E-state index contributed by atoms with van der Waals surface area (Å²) in [5, 5.41) is 2.69. The molecular weight excluding hydrogens is 562 g/mol. The predicted octanol–water partition coefficient (Wildman–Crippen LogP) is 4.98. The third-order valence-electron chi connectivity index (χ3n) is 7.04. The zero-order chi connectivity index (χ0) is 30.8. The molecule has 224 valence electrons. The van der Waals surface area contributed by atoms with Crippen LogP contribution in [0.5, 0.6) is 5.75 Å². The summed E-state index contributed by atoms with van der Waals surface area (Å²) in [7, 11) is -2.65. The molecule has 1 atom stereocenters. The average molecular weight is 600 g/mol. The standard InChI is InChI=1S/C34H37N3O5S/c1-4-42-30-19-21-31(22-20-30)43(40,41)37(29-17-15-26(2)16-18-29)25-33(38)36(24-28-13-9-6-10-14-28)32(34(39)35-3)23-27-11-7-5-8-12-27/h5-22,32H,4,23-25H2,1-3H3,(H,35,39)/t32-/m0/s1. The molecule has 4 aromatic carbocycles. The van der Waals surface area contributed by atoms with Crippen LogP contribution in [-0.2, 0) is 32.6 Å². The number of anilines is 1. The van der Waals surface area contributed by atoms with E-state index in [1.165, 1.54) is 24.1 Å². The Morgan fingerprint density at radius 2 is 1.40 bits per heavy atom. The second kappa shape index (κ2) is 14.5. The number of likely N-dealkylation sites (N-methyl/N-ethyl adjacent to an activating group) is 1. The molecular formula is C34H37N3O5S. The molecule has 0 radical (unpaired) electrons. The van der Waals surface area contributed by atoms with Crippen molar-refractivity contribution in [3.63, 3.8) is 0 Å². The van der Waals surface area contributed by atoms with Crippen molar-refractivity contribution in [2.45, 2.75) is 37.8 Å². The summed E-state index contributed by atoms with van der Waals surface area (Å²) in [4.78, 5) is 29.1. The Kier molecular flexibility index (Phi) is 10.6. The molecule has 0 aliphatic heterocycles. The van der Waals surface area contributed by atoms with Gasteiger partial charge in [0.05, 0.1) is 17.2 Å². The van der Waals surface area contributed by atoms with Gasteiger partial charge in [0.1, 0.15) is 18.3 Å². The first-order valence-electron chi connectivity index (χ1n) is 14.1. The number of carbonyl (C=O) groups excluding carboxylic acids is 2. The summed E-state index contributed by atoms with van der Waals surface area (Å²) < 4.78 is 34.8. The maximum atomic E-state index is 14.3. The lowest BCUT2D eigenvalue weighted by Crippen LogP contribution is -2.53. The molecule has 0 spiro atoms. The Morgan fingerprint density at radius 1 is 0.814 bits per heavy atom. The maximum absolute atomic E-state index is 14.3. The van der Waals surface area contributed by atoms with E-state index in [9.17, 15) is 18.0 Å². The molecule has 0 saturated heterocycles. The summed E-state index contributed by atoms with van der Waals surface area (Å²) in [6.07, 6.45) is 0.259. The number of amides is 2. The molecule has 1 N–H and O–H groups in total. The van der Waals surface area contributed by atoms with E-state index in [-0.39, 0.29) is 23.8 Å². The topological polar surface area (TPSA) is 96.0 Å². The Bertz CT molecular complexity index is 1590. The summed E-state index contributed by atoms with van der Waals surface area (Å²) >= 11 is 0. The highest BCUT2D eigenvalue weighted by Crippen LogP contribution is 2.27. The summed E-state index contributed by atoms with van der Waals surface area (Å²) in [5.74, 6) is -0.310. The van der Waals surface area contributed by atoms with Crippen LogP contribution >= 0.6 is 0 Å². The van der Waals surface area contributed by atoms with Crippen LogP contribution in [-0.4, -0.2) is 51.4 Å². The van der Waals surface area contributed by atoms with Crippen LogP contribution in [0.15, 0.2) is 114 Å². The van der Waals surface area contributed by atoms with Crippen LogP contribution in [0.4, 0.5) is 5.69 Å². The van der Waals surface area contributed by atoms with Crippen molar-refractivity contribution >= 4 is 27.5 Å². The second-order valence-electron chi connectivity index (χ2n) is 10.1. The molecule has 4 rings (SSSR count). The average Bonchev–Trinajstić information content (AvgIpc) is 3.03. The minimum atomic E-state index is -4.18. The predicted molar refractivity (Wildman–Crippen MR) is 168 cm³/mol. The lowest BCUT2D eigenvalue weighted by Gasteiger charge is -2.33. The van der Waals surface area contributed by atoms with Gasteiger partial charge in [0.2, 0.25) is 11.8 Å². The number of nitrogens with one attached hydrogen (secondary N) is 1.